The van der Waals surface area contributed by atoms with E-state index in [1.165, 1.54) is 31.0 Å². The summed E-state index contributed by atoms with van der Waals surface area (Å²) in [6, 6.07) is 9.46. The Balaban J connectivity index is 1.12. The first-order valence-electron chi connectivity index (χ1n) is 14.9. The number of ether oxygens (including phenoxy) is 1. The summed E-state index contributed by atoms with van der Waals surface area (Å²) in [6.07, 6.45) is 3.90. The monoisotopic (exact) mass is 559 g/mol. The summed E-state index contributed by atoms with van der Waals surface area (Å²) in [7, 11) is 0. The Labute approximate surface area is 233 Å². The number of halogens is 5. The number of hydrogen-bond acceptors (Lipinski definition) is 2. The van der Waals surface area contributed by atoms with E-state index >= 15 is 13.2 Å². The van der Waals surface area contributed by atoms with Crippen molar-refractivity contribution < 1.29 is 26.7 Å². The van der Waals surface area contributed by atoms with Crippen molar-refractivity contribution in [2.24, 2.45) is 11.8 Å². The zero-order valence-electron chi connectivity index (χ0n) is 23.1. The maximum absolute atomic E-state index is 15.2. The largest absolute Gasteiger partial charge is 0.358 e. The Morgan fingerprint density at radius 3 is 1.80 bits per heavy atom. The van der Waals surface area contributed by atoms with Gasteiger partial charge in [0.25, 0.3) is 0 Å². The summed E-state index contributed by atoms with van der Waals surface area (Å²) < 4.78 is 78.9. The van der Waals surface area contributed by atoms with E-state index in [4.69, 9.17) is 10.00 Å². The Kier molecular flexibility index (Phi) is 8.85. The Morgan fingerprint density at radius 2 is 1.23 bits per heavy atom. The molecular weight excluding hydrogens is 521 g/mol. The third-order valence-corrected chi connectivity index (χ3v) is 9.80. The second-order valence-corrected chi connectivity index (χ2v) is 12.4. The van der Waals surface area contributed by atoms with E-state index in [9.17, 15) is 8.78 Å². The molecule has 3 aliphatic rings. The minimum atomic E-state index is -3.27. The van der Waals surface area contributed by atoms with Crippen LogP contribution in [0.25, 0.3) is 0 Å². The van der Waals surface area contributed by atoms with Crippen molar-refractivity contribution in [2.45, 2.75) is 114 Å². The summed E-state index contributed by atoms with van der Waals surface area (Å²) >= 11 is 0. The molecule has 0 bridgehead atoms. The minimum Gasteiger partial charge on any atom is -0.317 e. The Morgan fingerprint density at radius 1 is 0.700 bits per heavy atom. The SMILES string of the molecule is CC1CCC(c2ccc(C3CCC(C(F)(F)OC4CCC(c5cc(F)c(C#N)c(F)c5)CC4)CC3)c(F)c2)CC1. The van der Waals surface area contributed by atoms with Crippen molar-refractivity contribution in [3.63, 3.8) is 0 Å². The van der Waals surface area contributed by atoms with Gasteiger partial charge in [0, 0.05) is 0 Å². The molecule has 3 saturated carbocycles. The van der Waals surface area contributed by atoms with Gasteiger partial charge in [0.15, 0.2) is 0 Å². The van der Waals surface area contributed by atoms with E-state index < -0.39 is 35.3 Å². The molecule has 0 spiro atoms. The van der Waals surface area contributed by atoms with E-state index in [-0.39, 0.29) is 30.5 Å². The van der Waals surface area contributed by atoms with Gasteiger partial charge in [0.1, 0.15) is 29.1 Å². The van der Waals surface area contributed by atoms with E-state index in [0.717, 1.165) is 24.3 Å². The fourth-order valence-corrected chi connectivity index (χ4v) is 7.23. The molecule has 2 aromatic carbocycles. The molecule has 0 N–H and O–H groups in total. The highest BCUT2D eigenvalue weighted by Gasteiger charge is 2.45. The molecule has 0 unspecified atom stereocenters. The molecule has 3 fully saturated rings. The van der Waals surface area contributed by atoms with Gasteiger partial charge < -0.3 is 4.74 Å². The fourth-order valence-electron chi connectivity index (χ4n) is 7.23. The molecule has 40 heavy (non-hydrogen) atoms. The maximum atomic E-state index is 15.2. The second-order valence-electron chi connectivity index (χ2n) is 12.4. The fraction of sp³-hybridized carbons (Fsp3) is 0.606. The van der Waals surface area contributed by atoms with Crippen molar-refractivity contribution in [3.8, 4) is 6.07 Å². The lowest BCUT2D eigenvalue weighted by atomic mass is 9.76. The predicted molar refractivity (Wildman–Crippen MR) is 144 cm³/mol. The quantitative estimate of drug-likeness (QED) is 0.330. The first-order valence-corrected chi connectivity index (χ1v) is 14.9. The van der Waals surface area contributed by atoms with Gasteiger partial charge in [0.2, 0.25) is 0 Å². The lowest BCUT2D eigenvalue weighted by Gasteiger charge is -2.37. The average Bonchev–Trinajstić information content (AvgIpc) is 2.93. The maximum Gasteiger partial charge on any atom is 0.358 e. The Hall–Kier alpha value is -2.46. The molecule has 3 aliphatic carbocycles. The molecule has 0 atom stereocenters. The predicted octanol–water partition coefficient (Wildman–Crippen LogP) is 9.88. The van der Waals surface area contributed by atoms with Crippen LogP contribution in [0.2, 0.25) is 0 Å². The highest BCUT2D eigenvalue weighted by molar-refractivity contribution is 5.36. The molecule has 0 saturated heterocycles. The van der Waals surface area contributed by atoms with Crippen LogP contribution >= 0.6 is 0 Å². The summed E-state index contributed by atoms with van der Waals surface area (Å²) in [4.78, 5) is 0. The molecule has 0 heterocycles. The molecular formula is C33H38F5NO. The van der Waals surface area contributed by atoms with Crippen LogP contribution < -0.4 is 0 Å². The van der Waals surface area contributed by atoms with Gasteiger partial charge in [0.05, 0.1) is 12.0 Å². The van der Waals surface area contributed by atoms with E-state index in [1.807, 2.05) is 12.1 Å². The molecule has 2 aromatic rings. The molecule has 0 aliphatic heterocycles. The minimum absolute atomic E-state index is 0.0591. The van der Waals surface area contributed by atoms with Gasteiger partial charge in [-0.15, -0.1) is 0 Å². The van der Waals surface area contributed by atoms with E-state index in [0.29, 0.717) is 55.6 Å². The zero-order valence-corrected chi connectivity index (χ0v) is 23.1. The molecule has 0 amide bonds. The van der Waals surface area contributed by atoms with Gasteiger partial charge >= 0.3 is 6.11 Å². The van der Waals surface area contributed by atoms with Crippen molar-refractivity contribution in [1.29, 1.82) is 5.26 Å². The lowest BCUT2D eigenvalue weighted by molar-refractivity contribution is -0.300. The van der Waals surface area contributed by atoms with Crippen LogP contribution in [0, 0.1) is 40.6 Å². The molecule has 2 nitrogen and oxygen atoms in total. The zero-order chi connectivity index (χ0) is 28.4. The second kappa shape index (κ2) is 12.2. The molecule has 0 aromatic heterocycles. The van der Waals surface area contributed by atoms with Crippen LogP contribution in [0.3, 0.4) is 0 Å². The van der Waals surface area contributed by atoms with E-state index in [1.54, 1.807) is 6.07 Å². The summed E-state index contributed by atoms with van der Waals surface area (Å²) in [5, 5.41) is 8.86. The molecule has 7 heteroatoms. The number of alkyl halides is 2. The normalized spacial score (nSPS) is 29.6. The standard InChI is InChI=1S/C33H38F5NO/c1-20-2-4-21(5-3-20)24-10-15-28(30(34)16-24)23-6-11-26(12-7-23)33(37,38)40-27-13-8-22(9-14-27)25-17-31(35)29(19-39)32(36)18-25/h10,15-18,20-23,26-27H,2-9,11-14H2,1H3. The van der Waals surface area contributed by atoms with Crippen LogP contribution in [-0.2, 0) is 4.74 Å². The van der Waals surface area contributed by atoms with E-state index in [2.05, 4.69) is 6.92 Å². The summed E-state index contributed by atoms with van der Waals surface area (Å²) in [6.45, 7) is 2.26. The number of nitriles is 1. The highest BCUT2D eigenvalue weighted by atomic mass is 19.3. The number of rotatable bonds is 6. The smallest absolute Gasteiger partial charge is 0.317 e. The third kappa shape index (κ3) is 6.38. The number of nitrogens with zero attached hydrogens (tertiary/aromatic N) is 1. The van der Waals surface area contributed by atoms with Crippen LogP contribution in [0.1, 0.15) is 124 Å². The summed E-state index contributed by atoms with van der Waals surface area (Å²) in [5.41, 5.74) is 1.55. The topological polar surface area (TPSA) is 33.0 Å². The number of hydrogen-bond donors (Lipinski definition) is 0. The van der Waals surface area contributed by atoms with Gasteiger partial charge in [-0.25, -0.2) is 13.2 Å². The van der Waals surface area contributed by atoms with Gasteiger partial charge in [-0.05, 0) is 123 Å². The number of benzene rings is 2. The van der Waals surface area contributed by atoms with Crippen LogP contribution in [0.15, 0.2) is 30.3 Å². The van der Waals surface area contributed by atoms with Crippen LogP contribution in [0.4, 0.5) is 22.0 Å². The van der Waals surface area contributed by atoms with Crippen molar-refractivity contribution >= 4 is 0 Å². The first-order chi connectivity index (χ1) is 19.1. The van der Waals surface area contributed by atoms with Crippen LogP contribution in [0.5, 0.6) is 0 Å². The first kappa shape index (κ1) is 29.0. The van der Waals surface area contributed by atoms with Crippen molar-refractivity contribution in [2.75, 3.05) is 0 Å². The van der Waals surface area contributed by atoms with Crippen LogP contribution in [-0.4, -0.2) is 12.2 Å². The molecule has 0 radical (unpaired) electrons. The lowest BCUT2D eigenvalue weighted by Crippen LogP contribution is -2.38. The average molecular weight is 560 g/mol. The molecule has 5 rings (SSSR count). The third-order valence-electron chi connectivity index (χ3n) is 9.80. The van der Waals surface area contributed by atoms with Crippen molar-refractivity contribution in [1.82, 2.24) is 0 Å². The molecule has 216 valence electrons. The highest BCUT2D eigenvalue weighted by Crippen LogP contribution is 2.46. The van der Waals surface area contributed by atoms with Gasteiger partial charge in [-0.2, -0.15) is 14.0 Å². The van der Waals surface area contributed by atoms with Crippen molar-refractivity contribution in [3.05, 3.63) is 70.0 Å². The van der Waals surface area contributed by atoms with Gasteiger partial charge in [-0.3, -0.25) is 0 Å². The van der Waals surface area contributed by atoms with Gasteiger partial charge in [-0.1, -0.05) is 31.9 Å². The Bertz CT molecular complexity index is 1190. The summed E-state index contributed by atoms with van der Waals surface area (Å²) in [5.74, 6) is -1.98.